The van der Waals surface area contributed by atoms with Crippen molar-refractivity contribution in [2.75, 3.05) is 32.1 Å². The maximum Gasteiger partial charge on any atom is 0.279 e. The number of rotatable bonds is 8. The van der Waals surface area contributed by atoms with E-state index in [0.717, 1.165) is 34.4 Å². The standard InChI is InChI=1S/C19H23BrN2O2/c1-15-13-16(20)9-10-18(15)21-19(23)14-22(2)11-6-12-24-17-7-4-3-5-8-17/h3-5,7-10,13H,6,11-12,14H2,1-2H3,(H,21,23)/p+1. The second-order valence-electron chi connectivity index (χ2n) is 5.91. The zero-order valence-electron chi connectivity index (χ0n) is 14.1. The van der Waals surface area contributed by atoms with E-state index >= 15 is 0 Å². The number of anilines is 1. The van der Waals surface area contributed by atoms with E-state index in [1.54, 1.807) is 0 Å². The van der Waals surface area contributed by atoms with Crippen LogP contribution in [0.2, 0.25) is 0 Å². The summed E-state index contributed by atoms with van der Waals surface area (Å²) in [7, 11) is 2.02. The molecular weight excluding hydrogens is 368 g/mol. The Bertz CT molecular complexity index is 662. The highest BCUT2D eigenvalue weighted by molar-refractivity contribution is 9.10. The third kappa shape index (κ3) is 6.34. The average molecular weight is 392 g/mol. The molecule has 24 heavy (non-hydrogen) atoms. The summed E-state index contributed by atoms with van der Waals surface area (Å²) in [5.74, 6) is 0.917. The molecule has 0 aliphatic heterocycles. The Morgan fingerprint density at radius 3 is 2.67 bits per heavy atom. The van der Waals surface area contributed by atoms with Gasteiger partial charge in [0.1, 0.15) is 5.75 Å². The molecule has 0 fully saturated rings. The fourth-order valence-corrected chi connectivity index (χ4v) is 2.88. The Labute approximate surface area is 151 Å². The van der Waals surface area contributed by atoms with Gasteiger partial charge in [0.25, 0.3) is 5.91 Å². The van der Waals surface area contributed by atoms with Crippen LogP contribution in [0.1, 0.15) is 12.0 Å². The molecule has 128 valence electrons. The van der Waals surface area contributed by atoms with Gasteiger partial charge in [-0.2, -0.15) is 0 Å². The quantitative estimate of drug-likeness (QED) is 0.679. The summed E-state index contributed by atoms with van der Waals surface area (Å²) in [5.41, 5.74) is 1.91. The van der Waals surface area contributed by atoms with Gasteiger partial charge in [0, 0.05) is 16.6 Å². The predicted molar refractivity (Wildman–Crippen MR) is 101 cm³/mol. The molecule has 0 radical (unpaired) electrons. The number of amides is 1. The van der Waals surface area contributed by atoms with Crippen molar-refractivity contribution in [3.05, 3.63) is 58.6 Å². The number of carbonyl (C=O) groups is 1. The van der Waals surface area contributed by atoms with Crippen LogP contribution in [0.5, 0.6) is 5.75 Å². The van der Waals surface area contributed by atoms with E-state index in [1.165, 1.54) is 4.90 Å². The van der Waals surface area contributed by atoms with Crippen molar-refractivity contribution >= 4 is 27.5 Å². The summed E-state index contributed by atoms with van der Waals surface area (Å²) in [4.78, 5) is 13.3. The maximum absolute atomic E-state index is 12.1. The molecule has 2 aromatic carbocycles. The van der Waals surface area contributed by atoms with Gasteiger partial charge >= 0.3 is 0 Å². The third-order valence-electron chi connectivity index (χ3n) is 3.68. The number of para-hydroxylation sites is 1. The van der Waals surface area contributed by atoms with Crippen molar-refractivity contribution in [1.82, 2.24) is 0 Å². The van der Waals surface area contributed by atoms with Crippen LogP contribution >= 0.6 is 15.9 Å². The number of hydrogen-bond acceptors (Lipinski definition) is 2. The van der Waals surface area contributed by atoms with Crippen LogP contribution in [0.25, 0.3) is 0 Å². The number of halogens is 1. The van der Waals surface area contributed by atoms with Gasteiger partial charge in [-0.3, -0.25) is 4.79 Å². The van der Waals surface area contributed by atoms with Crippen molar-refractivity contribution in [2.24, 2.45) is 0 Å². The summed E-state index contributed by atoms with van der Waals surface area (Å²) in [6.45, 7) is 3.98. The minimum Gasteiger partial charge on any atom is -0.493 e. The van der Waals surface area contributed by atoms with Crippen LogP contribution in [-0.2, 0) is 4.79 Å². The zero-order chi connectivity index (χ0) is 17.4. The van der Waals surface area contributed by atoms with E-state index in [4.69, 9.17) is 4.74 Å². The first-order valence-corrected chi connectivity index (χ1v) is 8.89. The molecule has 0 aliphatic rings. The molecular formula is C19H24BrN2O2+. The van der Waals surface area contributed by atoms with Crippen molar-refractivity contribution < 1.29 is 14.4 Å². The van der Waals surface area contributed by atoms with E-state index in [2.05, 4.69) is 21.2 Å². The lowest BCUT2D eigenvalue weighted by Gasteiger charge is -2.15. The minimum absolute atomic E-state index is 0.0295. The summed E-state index contributed by atoms with van der Waals surface area (Å²) in [5, 5.41) is 2.97. The van der Waals surface area contributed by atoms with Crippen LogP contribution in [0.15, 0.2) is 53.0 Å². The van der Waals surface area contributed by atoms with Crippen LogP contribution in [0, 0.1) is 6.92 Å². The molecule has 0 aliphatic carbocycles. The smallest absolute Gasteiger partial charge is 0.279 e. The summed E-state index contributed by atoms with van der Waals surface area (Å²) < 4.78 is 6.68. The number of nitrogens with one attached hydrogen (secondary N) is 2. The van der Waals surface area contributed by atoms with Crippen LogP contribution in [0.3, 0.4) is 0 Å². The van der Waals surface area contributed by atoms with Gasteiger partial charge < -0.3 is 15.0 Å². The number of likely N-dealkylation sites (N-methyl/N-ethyl adjacent to an activating group) is 1. The molecule has 1 unspecified atom stereocenters. The van der Waals surface area contributed by atoms with Crippen molar-refractivity contribution in [3.63, 3.8) is 0 Å². The summed E-state index contributed by atoms with van der Waals surface area (Å²) >= 11 is 3.43. The highest BCUT2D eigenvalue weighted by Gasteiger charge is 2.11. The molecule has 0 bridgehead atoms. The van der Waals surface area contributed by atoms with Crippen LogP contribution < -0.4 is 15.0 Å². The summed E-state index contributed by atoms with van der Waals surface area (Å²) in [6, 6.07) is 15.6. The van der Waals surface area contributed by atoms with Crippen LogP contribution in [0.4, 0.5) is 5.69 Å². The first-order chi connectivity index (χ1) is 11.5. The average Bonchev–Trinajstić information content (AvgIpc) is 2.55. The van der Waals surface area contributed by atoms with Gasteiger partial charge in [-0.05, 0) is 42.8 Å². The second-order valence-corrected chi connectivity index (χ2v) is 6.82. The van der Waals surface area contributed by atoms with E-state index in [0.29, 0.717) is 13.2 Å². The Hall–Kier alpha value is -1.85. The molecule has 5 heteroatoms. The Morgan fingerprint density at radius 1 is 1.21 bits per heavy atom. The SMILES string of the molecule is Cc1cc(Br)ccc1NC(=O)C[NH+](C)CCCOc1ccccc1. The maximum atomic E-state index is 12.1. The molecule has 1 atom stereocenters. The number of hydrogen-bond donors (Lipinski definition) is 2. The fourth-order valence-electron chi connectivity index (χ4n) is 2.40. The highest BCUT2D eigenvalue weighted by atomic mass is 79.9. The van der Waals surface area contributed by atoms with Gasteiger partial charge in [-0.25, -0.2) is 0 Å². The second kappa shape index (κ2) is 9.45. The molecule has 0 heterocycles. The van der Waals surface area contributed by atoms with Crippen molar-refractivity contribution in [3.8, 4) is 5.75 Å². The predicted octanol–water partition coefficient (Wildman–Crippen LogP) is 2.68. The largest absolute Gasteiger partial charge is 0.493 e. The molecule has 0 saturated heterocycles. The van der Waals surface area contributed by atoms with Gasteiger partial charge in [0.15, 0.2) is 6.54 Å². The van der Waals surface area contributed by atoms with E-state index in [-0.39, 0.29) is 5.91 Å². The van der Waals surface area contributed by atoms with Gasteiger partial charge in [-0.1, -0.05) is 34.1 Å². The zero-order valence-corrected chi connectivity index (χ0v) is 15.7. The summed E-state index contributed by atoms with van der Waals surface area (Å²) in [6.07, 6.45) is 0.908. The number of carbonyl (C=O) groups excluding carboxylic acids is 1. The Balaban J connectivity index is 1.68. The van der Waals surface area contributed by atoms with E-state index < -0.39 is 0 Å². The molecule has 0 spiro atoms. The molecule has 0 saturated carbocycles. The molecule has 2 aromatic rings. The number of ether oxygens (including phenoxy) is 1. The van der Waals surface area contributed by atoms with E-state index in [1.807, 2.05) is 62.5 Å². The van der Waals surface area contributed by atoms with E-state index in [9.17, 15) is 4.79 Å². The Morgan fingerprint density at radius 2 is 1.96 bits per heavy atom. The van der Waals surface area contributed by atoms with Crippen molar-refractivity contribution in [1.29, 1.82) is 0 Å². The highest BCUT2D eigenvalue weighted by Crippen LogP contribution is 2.19. The third-order valence-corrected chi connectivity index (χ3v) is 4.18. The molecule has 2 N–H and O–H groups in total. The number of aryl methyl sites for hydroxylation is 1. The van der Waals surface area contributed by atoms with Crippen molar-refractivity contribution in [2.45, 2.75) is 13.3 Å². The minimum atomic E-state index is 0.0295. The molecule has 1 amide bonds. The lowest BCUT2D eigenvalue weighted by atomic mass is 10.2. The fraction of sp³-hybridized carbons (Fsp3) is 0.316. The molecule has 0 aromatic heterocycles. The molecule has 2 rings (SSSR count). The number of benzene rings is 2. The monoisotopic (exact) mass is 391 g/mol. The first-order valence-electron chi connectivity index (χ1n) is 8.10. The Kier molecular flexibility index (Phi) is 7.28. The normalized spacial score (nSPS) is 11.8. The topological polar surface area (TPSA) is 42.8 Å². The molecule has 4 nitrogen and oxygen atoms in total. The van der Waals surface area contributed by atoms with Crippen LogP contribution in [-0.4, -0.2) is 32.7 Å². The lowest BCUT2D eigenvalue weighted by molar-refractivity contribution is -0.871. The van der Waals surface area contributed by atoms with Gasteiger partial charge in [0.2, 0.25) is 0 Å². The van der Waals surface area contributed by atoms with Gasteiger partial charge in [-0.15, -0.1) is 0 Å². The lowest BCUT2D eigenvalue weighted by Crippen LogP contribution is -3.10. The van der Waals surface area contributed by atoms with Gasteiger partial charge in [0.05, 0.1) is 20.2 Å². The first kappa shape index (κ1) is 18.5. The number of quaternary nitrogens is 1.